The maximum atomic E-state index is 11.0. The van der Waals surface area contributed by atoms with E-state index in [0.717, 1.165) is 22.2 Å². The molecule has 3 aromatic heterocycles. The van der Waals surface area contributed by atoms with E-state index in [-0.39, 0.29) is 5.82 Å². The van der Waals surface area contributed by atoms with Gasteiger partial charge >= 0.3 is 5.97 Å². The normalized spacial score (nSPS) is 11.2. The summed E-state index contributed by atoms with van der Waals surface area (Å²) >= 11 is 3.31. The van der Waals surface area contributed by atoms with Crippen molar-refractivity contribution in [1.82, 2.24) is 25.1 Å². The zero-order valence-corrected chi connectivity index (χ0v) is 13.9. The topological polar surface area (TPSA) is 121 Å². The van der Waals surface area contributed by atoms with E-state index in [1.54, 1.807) is 6.92 Å². The molecule has 24 heavy (non-hydrogen) atoms. The Morgan fingerprint density at radius 3 is 2.75 bits per heavy atom. The highest BCUT2D eigenvalue weighted by atomic mass is 79.9. The molecule has 0 saturated carbocycles. The second kappa shape index (κ2) is 5.31. The number of carboxylic acids is 1. The van der Waals surface area contributed by atoms with Crippen LogP contribution in [0.4, 0.5) is 0 Å². The zero-order chi connectivity index (χ0) is 16.8. The van der Waals surface area contributed by atoms with Gasteiger partial charge < -0.3 is 19.6 Å². The summed E-state index contributed by atoms with van der Waals surface area (Å²) < 4.78 is 5.68. The van der Waals surface area contributed by atoms with Gasteiger partial charge in [-0.15, -0.1) is 0 Å². The molecule has 4 aromatic rings. The van der Waals surface area contributed by atoms with Crippen molar-refractivity contribution < 1.29 is 14.4 Å². The number of benzene rings is 1. The van der Waals surface area contributed by atoms with Crippen molar-refractivity contribution >= 4 is 32.8 Å². The minimum absolute atomic E-state index is 0.118. The molecule has 9 heteroatoms. The molecule has 0 fully saturated rings. The third-order valence-electron chi connectivity index (χ3n) is 3.51. The number of nitrogens with zero attached hydrogens (tertiary/aromatic N) is 3. The molecule has 3 heterocycles. The molecular formula is C15H10BrN5O3. The predicted octanol–water partition coefficient (Wildman–Crippen LogP) is 3.38. The molecule has 4 rings (SSSR count). The van der Waals surface area contributed by atoms with Crippen LogP contribution in [-0.2, 0) is 0 Å². The van der Waals surface area contributed by atoms with Crippen LogP contribution in [0.3, 0.4) is 0 Å². The second-order valence-corrected chi connectivity index (χ2v) is 5.98. The Kier molecular flexibility index (Phi) is 3.24. The Balaban J connectivity index is 1.80. The van der Waals surface area contributed by atoms with E-state index < -0.39 is 5.97 Å². The van der Waals surface area contributed by atoms with E-state index >= 15 is 0 Å². The molecule has 3 N–H and O–H groups in total. The Labute approximate surface area is 143 Å². The molecule has 8 nitrogen and oxygen atoms in total. The minimum Gasteiger partial charge on any atom is -0.475 e. The van der Waals surface area contributed by atoms with Crippen LogP contribution in [-0.4, -0.2) is 36.2 Å². The molecule has 0 saturated heterocycles. The fourth-order valence-corrected chi connectivity index (χ4v) is 2.95. The number of aryl methyl sites for hydroxylation is 1. The van der Waals surface area contributed by atoms with Crippen LogP contribution in [0.15, 0.2) is 33.4 Å². The summed E-state index contributed by atoms with van der Waals surface area (Å²) in [5, 5.41) is 13.7. The molecule has 0 unspecified atom stereocenters. The monoisotopic (exact) mass is 387 g/mol. The third-order valence-corrected chi connectivity index (χ3v) is 4.09. The first kappa shape index (κ1) is 14.6. The largest absolute Gasteiger partial charge is 0.475 e. The van der Waals surface area contributed by atoms with Gasteiger partial charge in [0.2, 0.25) is 5.82 Å². The summed E-state index contributed by atoms with van der Waals surface area (Å²) in [7, 11) is 0. The van der Waals surface area contributed by atoms with Gasteiger partial charge in [0.15, 0.2) is 5.82 Å². The molecule has 0 atom stereocenters. The van der Waals surface area contributed by atoms with Gasteiger partial charge in [-0.1, -0.05) is 11.2 Å². The van der Waals surface area contributed by atoms with Crippen LogP contribution < -0.4 is 0 Å². The van der Waals surface area contributed by atoms with E-state index in [9.17, 15) is 4.79 Å². The van der Waals surface area contributed by atoms with Crippen molar-refractivity contribution in [1.29, 1.82) is 0 Å². The van der Waals surface area contributed by atoms with Crippen LogP contribution in [0.1, 0.15) is 16.4 Å². The highest BCUT2D eigenvalue weighted by molar-refractivity contribution is 9.10. The molecule has 0 radical (unpaired) electrons. The van der Waals surface area contributed by atoms with Crippen LogP contribution in [0.25, 0.3) is 33.7 Å². The maximum absolute atomic E-state index is 11.0. The van der Waals surface area contributed by atoms with Gasteiger partial charge in [-0.25, -0.2) is 9.78 Å². The third kappa shape index (κ3) is 2.38. The summed E-state index contributed by atoms with van der Waals surface area (Å²) in [5.41, 5.74) is 2.93. The molecule has 0 spiro atoms. The van der Waals surface area contributed by atoms with E-state index in [1.807, 2.05) is 24.3 Å². The number of imidazole rings is 1. The number of fused-ring (bicyclic) bond motifs is 1. The van der Waals surface area contributed by atoms with Gasteiger partial charge in [-0.05, 0) is 41.1 Å². The lowest BCUT2D eigenvalue weighted by Crippen LogP contribution is -1.98. The number of rotatable bonds is 3. The number of aromatic nitrogens is 5. The molecule has 0 aliphatic heterocycles. The fourth-order valence-electron chi connectivity index (χ4n) is 2.45. The van der Waals surface area contributed by atoms with Crippen molar-refractivity contribution in [3.8, 4) is 22.8 Å². The van der Waals surface area contributed by atoms with Crippen LogP contribution in [0.5, 0.6) is 0 Å². The minimum atomic E-state index is -1.11. The SMILES string of the molecule is Cc1noc(-c2cc3cc(-c4nc(C(=O)O)[nH]c4Br)ccc3[nH]2)n1. The summed E-state index contributed by atoms with van der Waals surface area (Å²) in [4.78, 5) is 25.2. The van der Waals surface area contributed by atoms with E-state index in [4.69, 9.17) is 9.63 Å². The van der Waals surface area contributed by atoms with Gasteiger partial charge in [0.1, 0.15) is 16.0 Å². The van der Waals surface area contributed by atoms with Crippen molar-refractivity contribution in [3.63, 3.8) is 0 Å². The van der Waals surface area contributed by atoms with Crippen molar-refractivity contribution in [2.75, 3.05) is 0 Å². The molecular weight excluding hydrogens is 378 g/mol. The van der Waals surface area contributed by atoms with Gasteiger partial charge in [0.05, 0.1) is 0 Å². The predicted molar refractivity (Wildman–Crippen MR) is 88.6 cm³/mol. The lowest BCUT2D eigenvalue weighted by atomic mass is 10.1. The molecule has 0 aliphatic rings. The number of aromatic amines is 2. The van der Waals surface area contributed by atoms with E-state index in [0.29, 0.717) is 22.0 Å². The van der Waals surface area contributed by atoms with E-state index in [2.05, 4.69) is 41.0 Å². The molecule has 1 aromatic carbocycles. The van der Waals surface area contributed by atoms with E-state index in [1.165, 1.54) is 0 Å². The average molecular weight is 388 g/mol. The van der Waals surface area contributed by atoms with Crippen molar-refractivity contribution in [3.05, 3.63) is 40.5 Å². The molecule has 0 bridgehead atoms. The van der Waals surface area contributed by atoms with Crippen molar-refractivity contribution in [2.45, 2.75) is 6.92 Å². The number of halogens is 1. The maximum Gasteiger partial charge on any atom is 0.371 e. The summed E-state index contributed by atoms with van der Waals surface area (Å²) in [6, 6.07) is 7.54. The first-order valence-electron chi connectivity index (χ1n) is 6.94. The summed E-state index contributed by atoms with van der Waals surface area (Å²) in [5.74, 6) is -0.253. The first-order valence-corrected chi connectivity index (χ1v) is 7.73. The highest BCUT2D eigenvalue weighted by Crippen LogP contribution is 2.30. The quantitative estimate of drug-likeness (QED) is 0.495. The zero-order valence-electron chi connectivity index (χ0n) is 12.3. The fraction of sp³-hybridized carbons (Fsp3) is 0.0667. The lowest BCUT2D eigenvalue weighted by Gasteiger charge is -1.98. The molecule has 0 amide bonds. The number of aromatic carboxylic acids is 1. The number of hydrogen-bond acceptors (Lipinski definition) is 5. The standard InChI is InChI=1S/C15H10BrN5O3/c1-6-17-14(24-21-6)10-5-8-4-7(2-3-9(8)18-10)11-12(16)20-13(19-11)15(22)23/h2-5,18H,1H3,(H,19,20)(H,22,23). The van der Waals surface area contributed by atoms with Gasteiger partial charge in [0.25, 0.3) is 5.89 Å². The van der Waals surface area contributed by atoms with Crippen molar-refractivity contribution in [2.24, 2.45) is 0 Å². The van der Waals surface area contributed by atoms with Crippen LogP contribution in [0, 0.1) is 6.92 Å². The summed E-state index contributed by atoms with van der Waals surface area (Å²) in [6.45, 7) is 1.75. The van der Waals surface area contributed by atoms with Gasteiger partial charge in [-0.2, -0.15) is 4.98 Å². The van der Waals surface area contributed by atoms with Gasteiger partial charge in [0, 0.05) is 16.5 Å². The smallest absolute Gasteiger partial charge is 0.371 e. The molecule has 120 valence electrons. The Hall–Kier alpha value is -2.94. The van der Waals surface area contributed by atoms with Gasteiger partial charge in [-0.3, -0.25) is 0 Å². The first-order chi connectivity index (χ1) is 11.5. The number of carboxylic acid groups (broad SMARTS) is 1. The number of H-pyrrole nitrogens is 2. The number of nitrogens with one attached hydrogen (secondary N) is 2. The van der Waals surface area contributed by atoms with Crippen LogP contribution in [0.2, 0.25) is 0 Å². The Bertz CT molecular complexity index is 1080. The summed E-state index contributed by atoms with van der Waals surface area (Å²) in [6.07, 6.45) is 0. The number of carbonyl (C=O) groups is 1. The number of hydrogen-bond donors (Lipinski definition) is 3. The average Bonchev–Trinajstić information content (AvgIpc) is 3.23. The second-order valence-electron chi connectivity index (χ2n) is 5.18. The lowest BCUT2D eigenvalue weighted by molar-refractivity contribution is 0.0684. The Morgan fingerprint density at radius 1 is 1.25 bits per heavy atom. The highest BCUT2D eigenvalue weighted by Gasteiger charge is 2.16. The molecule has 0 aliphatic carbocycles. The van der Waals surface area contributed by atoms with Crippen LogP contribution >= 0.6 is 15.9 Å². The Morgan fingerprint density at radius 2 is 2.08 bits per heavy atom.